The zero-order valence-electron chi connectivity index (χ0n) is 15.2. The van der Waals surface area contributed by atoms with Crippen molar-refractivity contribution in [1.82, 2.24) is 9.38 Å². The van der Waals surface area contributed by atoms with Crippen molar-refractivity contribution in [1.29, 1.82) is 0 Å². The number of pyridine rings is 1. The summed E-state index contributed by atoms with van der Waals surface area (Å²) in [6.45, 7) is 2.81. The van der Waals surface area contributed by atoms with E-state index in [4.69, 9.17) is 9.72 Å². The number of fused-ring (bicyclic) bond motifs is 1. The molecule has 0 aliphatic heterocycles. The smallest absolute Gasteiger partial charge is 0.139 e. The summed E-state index contributed by atoms with van der Waals surface area (Å²) in [7, 11) is 1.68. The SMILES string of the molecule is COc1ccc(C)c(-c2nc3ccc(Br)cn3c2NCc2ccccc2)c1. The maximum absolute atomic E-state index is 5.43. The molecule has 0 saturated carbocycles. The van der Waals surface area contributed by atoms with Crippen molar-refractivity contribution in [3.8, 4) is 17.0 Å². The fraction of sp³-hybridized carbons (Fsp3) is 0.136. The minimum Gasteiger partial charge on any atom is -0.497 e. The van der Waals surface area contributed by atoms with Gasteiger partial charge in [0.1, 0.15) is 22.9 Å². The highest BCUT2D eigenvalue weighted by Crippen LogP contribution is 2.34. The molecule has 4 nitrogen and oxygen atoms in total. The summed E-state index contributed by atoms with van der Waals surface area (Å²) < 4.78 is 8.52. The third-order valence-corrected chi connectivity index (χ3v) is 5.05. The lowest BCUT2D eigenvalue weighted by molar-refractivity contribution is 0.415. The van der Waals surface area contributed by atoms with Crippen molar-refractivity contribution in [2.45, 2.75) is 13.5 Å². The number of hydrogen-bond acceptors (Lipinski definition) is 3. The molecule has 0 atom stereocenters. The zero-order valence-corrected chi connectivity index (χ0v) is 16.8. The Morgan fingerprint density at radius 1 is 1.07 bits per heavy atom. The Morgan fingerprint density at radius 3 is 2.67 bits per heavy atom. The van der Waals surface area contributed by atoms with Gasteiger partial charge in [-0.2, -0.15) is 0 Å². The molecule has 4 aromatic rings. The number of ether oxygens (including phenoxy) is 1. The number of nitrogens with one attached hydrogen (secondary N) is 1. The summed E-state index contributed by atoms with van der Waals surface area (Å²) in [6.07, 6.45) is 2.04. The number of aromatic nitrogens is 2. The Kier molecular flexibility index (Phi) is 4.86. The van der Waals surface area contributed by atoms with Gasteiger partial charge in [-0.1, -0.05) is 36.4 Å². The van der Waals surface area contributed by atoms with Gasteiger partial charge in [0.15, 0.2) is 0 Å². The van der Waals surface area contributed by atoms with Crippen molar-refractivity contribution in [2.75, 3.05) is 12.4 Å². The highest BCUT2D eigenvalue weighted by molar-refractivity contribution is 9.10. The summed E-state index contributed by atoms with van der Waals surface area (Å²) in [6, 6.07) is 20.5. The van der Waals surface area contributed by atoms with Gasteiger partial charge in [-0.3, -0.25) is 4.40 Å². The van der Waals surface area contributed by atoms with Gasteiger partial charge in [0.05, 0.1) is 7.11 Å². The van der Waals surface area contributed by atoms with Gasteiger partial charge in [0.2, 0.25) is 0 Å². The molecule has 0 radical (unpaired) electrons. The first-order chi connectivity index (χ1) is 13.2. The molecule has 2 heterocycles. The van der Waals surface area contributed by atoms with E-state index in [9.17, 15) is 0 Å². The molecule has 0 aliphatic carbocycles. The monoisotopic (exact) mass is 421 g/mol. The number of imidazole rings is 1. The number of nitrogens with zero attached hydrogens (tertiary/aromatic N) is 2. The maximum Gasteiger partial charge on any atom is 0.139 e. The molecule has 2 aromatic heterocycles. The predicted molar refractivity (Wildman–Crippen MR) is 113 cm³/mol. The lowest BCUT2D eigenvalue weighted by Gasteiger charge is -2.11. The summed E-state index contributed by atoms with van der Waals surface area (Å²) in [5.74, 6) is 1.79. The third-order valence-electron chi connectivity index (χ3n) is 4.59. The second-order valence-electron chi connectivity index (χ2n) is 6.40. The molecule has 27 heavy (non-hydrogen) atoms. The summed E-state index contributed by atoms with van der Waals surface area (Å²) in [5.41, 5.74) is 5.24. The number of hydrogen-bond donors (Lipinski definition) is 1. The van der Waals surface area contributed by atoms with Crippen LogP contribution < -0.4 is 10.1 Å². The van der Waals surface area contributed by atoms with Crippen LogP contribution in [0.25, 0.3) is 16.9 Å². The quantitative estimate of drug-likeness (QED) is 0.449. The Hall–Kier alpha value is -2.79. The van der Waals surface area contributed by atoms with Crippen LogP contribution >= 0.6 is 15.9 Å². The maximum atomic E-state index is 5.43. The van der Waals surface area contributed by atoms with Crippen LogP contribution in [-0.2, 0) is 6.54 Å². The Balaban J connectivity index is 1.84. The normalized spacial score (nSPS) is 10.9. The average Bonchev–Trinajstić information content (AvgIpc) is 3.05. The minimum absolute atomic E-state index is 0.719. The van der Waals surface area contributed by atoms with Crippen molar-refractivity contribution in [2.24, 2.45) is 0 Å². The van der Waals surface area contributed by atoms with E-state index in [2.05, 4.69) is 62.9 Å². The average molecular weight is 422 g/mol. The number of aryl methyl sites for hydroxylation is 1. The van der Waals surface area contributed by atoms with Crippen LogP contribution in [0.4, 0.5) is 5.82 Å². The summed E-state index contributed by atoms with van der Waals surface area (Å²) in [4.78, 5) is 4.90. The molecule has 4 rings (SSSR count). The van der Waals surface area contributed by atoms with E-state index < -0.39 is 0 Å². The van der Waals surface area contributed by atoms with Crippen LogP contribution in [0.5, 0.6) is 5.75 Å². The summed E-state index contributed by atoms with van der Waals surface area (Å²) in [5, 5.41) is 3.58. The van der Waals surface area contributed by atoms with Gasteiger partial charge in [0, 0.05) is 22.8 Å². The van der Waals surface area contributed by atoms with E-state index in [1.807, 2.05) is 36.5 Å². The van der Waals surface area contributed by atoms with Gasteiger partial charge in [-0.05, 0) is 58.2 Å². The number of rotatable bonds is 5. The van der Waals surface area contributed by atoms with Crippen LogP contribution in [0.15, 0.2) is 71.3 Å². The third kappa shape index (κ3) is 3.55. The molecule has 0 saturated heterocycles. The van der Waals surface area contributed by atoms with E-state index in [1.54, 1.807) is 7.11 Å². The van der Waals surface area contributed by atoms with Crippen LogP contribution in [0, 0.1) is 6.92 Å². The fourth-order valence-electron chi connectivity index (χ4n) is 3.14. The van der Waals surface area contributed by atoms with E-state index in [-0.39, 0.29) is 0 Å². The molecule has 136 valence electrons. The second kappa shape index (κ2) is 7.45. The Bertz CT molecular complexity index is 1090. The largest absolute Gasteiger partial charge is 0.497 e. The van der Waals surface area contributed by atoms with Crippen molar-refractivity contribution >= 4 is 27.4 Å². The molecule has 0 aliphatic rings. The van der Waals surface area contributed by atoms with E-state index in [0.29, 0.717) is 0 Å². The van der Waals surface area contributed by atoms with E-state index in [1.165, 1.54) is 5.56 Å². The molecule has 0 bridgehead atoms. The molecular formula is C22H20BrN3O. The predicted octanol–water partition coefficient (Wildman–Crippen LogP) is 5.69. The second-order valence-corrected chi connectivity index (χ2v) is 7.32. The van der Waals surface area contributed by atoms with Crippen molar-refractivity contribution < 1.29 is 4.74 Å². The molecule has 0 fully saturated rings. The Labute approximate surface area is 167 Å². The molecule has 0 amide bonds. The van der Waals surface area contributed by atoms with Crippen molar-refractivity contribution in [3.63, 3.8) is 0 Å². The van der Waals surface area contributed by atoms with Gasteiger partial charge in [0.25, 0.3) is 0 Å². The van der Waals surface area contributed by atoms with Gasteiger partial charge in [-0.25, -0.2) is 4.98 Å². The van der Waals surface area contributed by atoms with Gasteiger partial charge >= 0.3 is 0 Å². The number of methoxy groups -OCH3 is 1. The fourth-order valence-corrected chi connectivity index (χ4v) is 3.48. The lowest BCUT2D eigenvalue weighted by Crippen LogP contribution is -2.03. The van der Waals surface area contributed by atoms with E-state index in [0.717, 1.165) is 45.1 Å². The summed E-state index contributed by atoms with van der Waals surface area (Å²) >= 11 is 3.57. The first-order valence-corrected chi connectivity index (χ1v) is 9.55. The first kappa shape index (κ1) is 17.6. The van der Waals surface area contributed by atoms with Gasteiger partial charge in [-0.15, -0.1) is 0 Å². The number of halogens is 1. The van der Waals surface area contributed by atoms with Crippen LogP contribution in [0.2, 0.25) is 0 Å². The number of anilines is 1. The topological polar surface area (TPSA) is 38.6 Å². The molecule has 1 N–H and O–H groups in total. The first-order valence-electron chi connectivity index (χ1n) is 8.76. The molecular weight excluding hydrogens is 402 g/mol. The van der Waals surface area contributed by atoms with Gasteiger partial charge < -0.3 is 10.1 Å². The molecule has 2 aromatic carbocycles. The minimum atomic E-state index is 0.719. The Morgan fingerprint density at radius 2 is 1.89 bits per heavy atom. The zero-order chi connectivity index (χ0) is 18.8. The number of benzene rings is 2. The molecule has 0 spiro atoms. The highest BCUT2D eigenvalue weighted by Gasteiger charge is 2.16. The highest BCUT2D eigenvalue weighted by atomic mass is 79.9. The van der Waals surface area contributed by atoms with Crippen molar-refractivity contribution in [3.05, 3.63) is 82.5 Å². The van der Waals surface area contributed by atoms with E-state index >= 15 is 0 Å². The molecule has 0 unspecified atom stereocenters. The lowest BCUT2D eigenvalue weighted by atomic mass is 10.1. The van der Waals surface area contributed by atoms with Crippen LogP contribution in [0.3, 0.4) is 0 Å². The van der Waals surface area contributed by atoms with Crippen LogP contribution in [-0.4, -0.2) is 16.5 Å². The molecule has 5 heteroatoms. The standard InChI is InChI=1S/C22H20BrN3O/c1-15-8-10-18(27-2)12-19(15)21-22(24-13-16-6-4-3-5-7-16)26-14-17(23)9-11-20(26)25-21/h3-12,14,24H,13H2,1-2H3. The van der Waals surface area contributed by atoms with Crippen LogP contribution in [0.1, 0.15) is 11.1 Å².